The highest BCUT2D eigenvalue weighted by atomic mass is 16.5. The van der Waals surface area contributed by atoms with Crippen molar-refractivity contribution in [3.05, 3.63) is 59.7 Å². The molecule has 32 heavy (non-hydrogen) atoms. The van der Waals surface area contributed by atoms with Gasteiger partial charge in [-0.1, -0.05) is 24.3 Å². The Kier molecular flexibility index (Phi) is 7.02. The fraction of sp³-hybridized carbons (Fsp3) is 0.429. The maximum absolute atomic E-state index is 11.1. The number of fused-ring (bicyclic) bond motifs is 5. The monoisotopic (exact) mass is 434 g/mol. The highest BCUT2D eigenvalue weighted by molar-refractivity contribution is 6.05. The molecule has 0 aliphatic heterocycles. The van der Waals surface area contributed by atoms with E-state index in [1.54, 1.807) is 7.11 Å². The van der Waals surface area contributed by atoms with E-state index in [2.05, 4.69) is 30.3 Å². The molecule has 0 spiro atoms. The zero-order chi connectivity index (χ0) is 22.6. The van der Waals surface area contributed by atoms with E-state index in [1.807, 2.05) is 32.0 Å². The van der Waals surface area contributed by atoms with Crippen LogP contribution in [0, 0.1) is 0 Å². The molecule has 0 aromatic heterocycles. The number of ether oxygens (including phenoxy) is 3. The zero-order valence-electron chi connectivity index (χ0n) is 19.4. The van der Waals surface area contributed by atoms with E-state index in [4.69, 9.17) is 14.2 Å². The Morgan fingerprint density at radius 1 is 0.812 bits per heavy atom. The van der Waals surface area contributed by atoms with E-state index < -0.39 is 0 Å². The smallest absolute Gasteiger partial charge is 0.123 e. The van der Waals surface area contributed by atoms with Crippen molar-refractivity contribution in [2.45, 2.75) is 44.9 Å². The molecule has 1 aliphatic carbocycles. The molecular weight excluding hydrogens is 400 g/mol. The zero-order valence-corrected chi connectivity index (χ0v) is 19.4. The second-order valence-electron chi connectivity index (χ2n) is 8.46. The predicted octanol–water partition coefficient (Wildman–Crippen LogP) is 6.45. The van der Waals surface area contributed by atoms with Crippen LogP contribution < -0.4 is 4.74 Å². The van der Waals surface area contributed by atoms with Crippen LogP contribution in [0.4, 0.5) is 0 Å². The summed E-state index contributed by atoms with van der Waals surface area (Å²) in [5.41, 5.74) is 4.92. The van der Waals surface area contributed by atoms with Crippen LogP contribution in [0.15, 0.2) is 48.5 Å². The van der Waals surface area contributed by atoms with Crippen LogP contribution >= 0.6 is 0 Å². The first-order valence-corrected chi connectivity index (χ1v) is 11.8. The van der Waals surface area contributed by atoms with Crippen molar-refractivity contribution in [1.82, 2.24) is 0 Å². The van der Waals surface area contributed by atoms with Gasteiger partial charge in [0.05, 0.1) is 7.11 Å². The van der Waals surface area contributed by atoms with Crippen LogP contribution in [0.25, 0.3) is 21.9 Å². The lowest BCUT2D eigenvalue weighted by molar-refractivity contribution is 0.129. The minimum atomic E-state index is -0.161. The van der Waals surface area contributed by atoms with Gasteiger partial charge in [0.1, 0.15) is 11.5 Å². The van der Waals surface area contributed by atoms with E-state index in [9.17, 15) is 5.11 Å². The molecule has 0 saturated carbocycles. The van der Waals surface area contributed by atoms with Crippen molar-refractivity contribution in [2.24, 2.45) is 0 Å². The molecule has 0 unspecified atom stereocenters. The Labute approximate surface area is 191 Å². The fourth-order valence-corrected chi connectivity index (χ4v) is 5.35. The van der Waals surface area contributed by atoms with Crippen molar-refractivity contribution in [2.75, 3.05) is 33.5 Å². The first-order valence-electron chi connectivity index (χ1n) is 11.8. The van der Waals surface area contributed by atoms with Gasteiger partial charge < -0.3 is 19.3 Å². The van der Waals surface area contributed by atoms with Crippen LogP contribution in [0.2, 0.25) is 0 Å². The summed E-state index contributed by atoms with van der Waals surface area (Å²) in [6, 6.07) is 16.7. The molecule has 4 rings (SSSR count). The number of phenolic OH excluding ortho intramolecular Hbond substituents is 1. The summed E-state index contributed by atoms with van der Waals surface area (Å²) in [6.45, 7) is 7.04. The Balaban J connectivity index is 1.88. The van der Waals surface area contributed by atoms with E-state index in [-0.39, 0.29) is 5.41 Å². The SMILES string of the molecule is CCOCCCC1(CCCOCC)c2ccccc2-c2c1cc(O)c1cc(OC)ccc21. The minimum absolute atomic E-state index is 0.161. The molecule has 0 atom stereocenters. The van der Waals surface area contributed by atoms with Crippen molar-refractivity contribution >= 4 is 10.8 Å². The molecule has 3 aromatic rings. The molecule has 0 bridgehead atoms. The van der Waals surface area contributed by atoms with Gasteiger partial charge in [-0.3, -0.25) is 0 Å². The second kappa shape index (κ2) is 9.93. The molecule has 0 amide bonds. The van der Waals surface area contributed by atoms with Gasteiger partial charge in [-0.05, 0) is 91.4 Å². The van der Waals surface area contributed by atoms with Gasteiger partial charge in [0.25, 0.3) is 0 Å². The molecule has 0 fully saturated rings. The van der Waals surface area contributed by atoms with Gasteiger partial charge in [-0.25, -0.2) is 0 Å². The first-order chi connectivity index (χ1) is 15.7. The maximum Gasteiger partial charge on any atom is 0.123 e. The third-order valence-electron chi connectivity index (χ3n) is 6.74. The summed E-state index contributed by atoms with van der Waals surface area (Å²) < 4.78 is 16.8. The number of rotatable bonds is 11. The molecule has 170 valence electrons. The van der Waals surface area contributed by atoms with E-state index in [0.29, 0.717) is 5.75 Å². The lowest BCUT2D eigenvalue weighted by atomic mass is 9.71. The summed E-state index contributed by atoms with van der Waals surface area (Å²) in [7, 11) is 1.66. The summed E-state index contributed by atoms with van der Waals surface area (Å²) in [6.07, 6.45) is 3.89. The molecule has 1 N–H and O–H groups in total. The summed E-state index contributed by atoms with van der Waals surface area (Å²) in [5, 5.41) is 13.0. The Bertz CT molecular complexity index is 1060. The number of methoxy groups -OCH3 is 1. The van der Waals surface area contributed by atoms with Gasteiger partial charge in [-0.15, -0.1) is 0 Å². The van der Waals surface area contributed by atoms with Gasteiger partial charge in [0.2, 0.25) is 0 Å². The van der Waals surface area contributed by atoms with Crippen molar-refractivity contribution < 1.29 is 19.3 Å². The van der Waals surface area contributed by atoms with Gasteiger partial charge in [0.15, 0.2) is 0 Å². The lowest BCUT2D eigenvalue weighted by Gasteiger charge is -2.33. The van der Waals surface area contributed by atoms with Crippen LogP contribution in [0.1, 0.15) is 50.7 Å². The van der Waals surface area contributed by atoms with Crippen molar-refractivity contribution in [3.63, 3.8) is 0 Å². The molecule has 4 heteroatoms. The standard InChI is InChI=1S/C28H34O4/c1-4-31-16-8-14-28(15-9-17-32-5-2)24-11-7-6-10-22(24)27-21-13-12-20(30-3)18-23(21)26(29)19-25(27)28/h6-7,10-13,18-19,29H,4-5,8-9,14-17H2,1-3H3. The largest absolute Gasteiger partial charge is 0.507 e. The fourth-order valence-electron chi connectivity index (χ4n) is 5.35. The molecule has 0 saturated heterocycles. The molecule has 3 aromatic carbocycles. The quantitative estimate of drug-likeness (QED) is 0.352. The Morgan fingerprint density at radius 3 is 2.16 bits per heavy atom. The average Bonchev–Trinajstić information content (AvgIpc) is 3.09. The van der Waals surface area contributed by atoms with Crippen molar-refractivity contribution in [1.29, 1.82) is 0 Å². The third kappa shape index (κ3) is 3.98. The van der Waals surface area contributed by atoms with Gasteiger partial charge in [-0.2, -0.15) is 0 Å². The number of aromatic hydroxyl groups is 1. The molecular formula is C28H34O4. The van der Waals surface area contributed by atoms with Crippen LogP contribution in [-0.4, -0.2) is 38.6 Å². The number of phenols is 1. The van der Waals surface area contributed by atoms with Gasteiger partial charge in [0, 0.05) is 37.2 Å². The van der Waals surface area contributed by atoms with Crippen LogP contribution in [0.3, 0.4) is 0 Å². The second-order valence-corrected chi connectivity index (χ2v) is 8.46. The Morgan fingerprint density at radius 2 is 1.50 bits per heavy atom. The summed E-state index contributed by atoms with van der Waals surface area (Å²) in [4.78, 5) is 0. The molecule has 0 heterocycles. The molecule has 4 nitrogen and oxygen atoms in total. The normalized spacial score (nSPS) is 13.8. The molecule has 1 aliphatic rings. The Hall–Kier alpha value is -2.56. The first kappa shape index (κ1) is 22.6. The highest BCUT2D eigenvalue weighted by Crippen LogP contribution is 2.57. The van der Waals surface area contributed by atoms with E-state index in [0.717, 1.165) is 68.6 Å². The predicted molar refractivity (Wildman–Crippen MR) is 130 cm³/mol. The minimum Gasteiger partial charge on any atom is -0.507 e. The van der Waals surface area contributed by atoms with E-state index >= 15 is 0 Å². The average molecular weight is 435 g/mol. The van der Waals surface area contributed by atoms with Crippen molar-refractivity contribution in [3.8, 4) is 22.6 Å². The topological polar surface area (TPSA) is 47.9 Å². The number of hydrogen-bond acceptors (Lipinski definition) is 4. The lowest BCUT2D eigenvalue weighted by Crippen LogP contribution is -2.26. The molecule has 0 radical (unpaired) electrons. The van der Waals surface area contributed by atoms with Gasteiger partial charge >= 0.3 is 0 Å². The third-order valence-corrected chi connectivity index (χ3v) is 6.74. The highest BCUT2D eigenvalue weighted by Gasteiger charge is 2.43. The summed E-state index contributed by atoms with van der Waals surface area (Å²) in [5.74, 6) is 1.06. The van der Waals surface area contributed by atoms with Crippen LogP contribution in [0.5, 0.6) is 11.5 Å². The maximum atomic E-state index is 11.1. The summed E-state index contributed by atoms with van der Waals surface area (Å²) >= 11 is 0. The number of hydrogen-bond donors (Lipinski definition) is 1. The number of benzene rings is 3. The van der Waals surface area contributed by atoms with Crippen LogP contribution in [-0.2, 0) is 14.9 Å². The van der Waals surface area contributed by atoms with E-state index in [1.165, 1.54) is 22.3 Å².